The molecule has 0 aliphatic heterocycles. The van der Waals surface area contributed by atoms with E-state index in [0.29, 0.717) is 21.5 Å². The third kappa shape index (κ3) is 4.23. The number of oxime groups is 1. The monoisotopic (exact) mass is 378 g/mol. The smallest absolute Gasteiger partial charge is 0.175 e. The van der Waals surface area contributed by atoms with Gasteiger partial charge in [-0.15, -0.1) is 0 Å². The molecule has 0 atom stereocenters. The number of methoxy groups -OCH3 is 1. The molecule has 6 nitrogen and oxygen atoms in total. The fraction of sp³-hybridized carbons (Fsp3) is 0.125. The summed E-state index contributed by atoms with van der Waals surface area (Å²) in [5, 5.41) is 22.3. The van der Waals surface area contributed by atoms with Crippen LogP contribution in [0, 0.1) is 0 Å². The van der Waals surface area contributed by atoms with Gasteiger partial charge in [-0.2, -0.15) is 0 Å². The maximum atomic E-state index is 10.7. The third-order valence-corrected chi connectivity index (χ3v) is 3.62. The second kappa shape index (κ2) is 7.64. The van der Waals surface area contributed by atoms with E-state index >= 15 is 0 Å². The SMILES string of the molecule is COc1cc(/C=N\O)cc(Br)c1OCc1ccc(C(=O)[O-])cc1. The van der Waals surface area contributed by atoms with Crippen LogP contribution in [-0.2, 0) is 6.61 Å². The van der Waals surface area contributed by atoms with Gasteiger partial charge in [0.25, 0.3) is 0 Å². The summed E-state index contributed by atoms with van der Waals surface area (Å²) in [6, 6.07) is 9.61. The van der Waals surface area contributed by atoms with E-state index in [2.05, 4.69) is 21.1 Å². The van der Waals surface area contributed by atoms with E-state index in [0.717, 1.165) is 5.56 Å². The van der Waals surface area contributed by atoms with Crippen molar-refractivity contribution < 1.29 is 24.6 Å². The average Bonchev–Trinajstić information content (AvgIpc) is 2.54. The fourth-order valence-electron chi connectivity index (χ4n) is 1.91. The highest BCUT2D eigenvalue weighted by molar-refractivity contribution is 9.10. The van der Waals surface area contributed by atoms with Crippen molar-refractivity contribution in [1.82, 2.24) is 0 Å². The first kappa shape index (κ1) is 16.8. The summed E-state index contributed by atoms with van der Waals surface area (Å²) in [4.78, 5) is 10.7. The van der Waals surface area contributed by atoms with Crippen molar-refractivity contribution in [2.45, 2.75) is 6.61 Å². The lowest BCUT2D eigenvalue weighted by atomic mass is 10.1. The average molecular weight is 379 g/mol. The Labute approximate surface area is 141 Å². The molecule has 1 N–H and O–H groups in total. The predicted octanol–water partition coefficient (Wildman–Crippen LogP) is 2.21. The molecule has 2 aromatic carbocycles. The Hall–Kier alpha value is -2.54. The van der Waals surface area contributed by atoms with Crippen LogP contribution >= 0.6 is 15.9 Å². The second-order valence-electron chi connectivity index (χ2n) is 4.55. The van der Waals surface area contributed by atoms with Gasteiger partial charge >= 0.3 is 0 Å². The number of ether oxygens (including phenoxy) is 2. The molecule has 0 saturated heterocycles. The second-order valence-corrected chi connectivity index (χ2v) is 5.41. The summed E-state index contributed by atoms with van der Waals surface area (Å²) >= 11 is 3.38. The minimum Gasteiger partial charge on any atom is -0.545 e. The molecule has 0 fully saturated rings. The van der Waals surface area contributed by atoms with Crippen LogP contribution in [0.25, 0.3) is 0 Å². The maximum absolute atomic E-state index is 10.7. The van der Waals surface area contributed by atoms with Crippen LogP contribution in [0.3, 0.4) is 0 Å². The van der Waals surface area contributed by atoms with E-state index in [1.54, 1.807) is 24.3 Å². The van der Waals surface area contributed by atoms with E-state index < -0.39 is 5.97 Å². The minimum absolute atomic E-state index is 0.111. The molecule has 23 heavy (non-hydrogen) atoms. The number of aromatic carboxylic acids is 1. The molecule has 0 aliphatic rings. The molecule has 0 unspecified atom stereocenters. The van der Waals surface area contributed by atoms with Gasteiger partial charge in [-0.3, -0.25) is 0 Å². The summed E-state index contributed by atoms with van der Waals surface area (Å²) in [6.45, 7) is 0.232. The first-order chi connectivity index (χ1) is 11.0. The molecule has 0 saturated carbocycles. The lowest BCUT2D eigenvalue weighted by Gasteiger charge is -2.13. The molecule has 0 aromatic heterocycles. The van der Waals surface area contributed by atoms with Gasteiger partial charge in [-0.1, -0.05) is 29.4 Å². The van der Waals surface area contributed by atoms with E-state index in [-0.39, 0.29) is 12.2 Å². The van der Waals surface area contributed by atoms with Crippen LogP contribution in [0.15, 0.2) is 46.0 Å². The molecule has 0 amide bonds. The largest absolute Gasteiger partial charge is 0.545 e. The van der Waals surface area contributed by atoms with Crippen molar-refractivity contribution >= 4 is 28.1 Å². The molecule has 120 valence electrons. The predicted molar refractivity (Wildman–Crippen MR) is 85.2 cm³/mol. The van der Waals surface area contributed by atoms with Gasteiger partial charge in [0.1, 0.15) is 6.61 Å². The number of carboxylic acid groups (broad SMARTS) is 1. The quantitative estimate of drug-likeness (QED) is 0.472. The van der Waals surface area contributed by atoms with E-state index in [4.69, 9.17) is 14.7 Å². The highest BCUT2D eigenvalue weighted by atomic mass is 79.9. The standard InChI is InChI=1S/C16H14BrNO5/c1-22-14-7-11(8-18-21)6-13(17)15(14)23-9-10-2-4-12(5-3-10)16(19)20/h2-8,21H,9H2,1H3,(H,19,20)/p-1/b18-8-. The molecule has 7 heteroatoms. The molecule has 2 aromatic rings. The van der Waals surface area contributed by atoms with Crippen LogP contribution in [0.4, 0.5) is 0 Å². The number of hydrogen-bond acceptors (Lipinski definition) is 6. The first-order valence-corrected chi connectivity index (χ1v) is 7.32. The van der Waals surface area contributed by atoms with Gasteiger partial charge in [0.15, 0.2) is 11.5 Å². The Morgan fingerprint density at radius 1 is 1.35 bits per heavy atom. The van der Waals surface area contributed by atoms with E-state index in [1.807, 2.05) is 0 Å². The molecule has 0 heterocycles. The zero-order chi connectivity index (χ0) is 16.8. The molecule has 2 rings (SSSR count). The Morgan fingerprint density at radius 2 is 2.04 bits per heavy atom. The van der Waals surface area contributed by atoms with Gasteiger partial charge in [0, 0.05) is 5.56 Å². The van der Waals surface area contributed by atoms with Gasteiger partial charge in [0.05, 0.1) is 23.8 Å². The van der Waals surface area contributed by atoms with Crippen molar-refractivity contribution in [3.63, 3.8) is 0 Å². The fourth-order valence-corrected chi connectivity index (χ4v) is 2.49. The van der Waals surface area contributed by atoms with Crippen molar-refractivity contribution in [1.29, 1.82) is 0 Å². The lowest BCUT2D eigenvalue weighted by Crippen LogP contribution is -2.22. The highest BCUT2D eigenvalue weighted by Crippen LogP contribution is 2.36. The van der Waals surface area contributed by atoms with Gasteiger partial charge in [-0.05, 0) is 39.2 Å². The molecule has 0 spiro atoms. The summed E-state index contributed by atoms with van der Waals surface area (Å²) in [5.41, 5.74) is 1.55. The van der Waals surface area contributed by atoms with Crippen LogP contribution in [0.1, 0.15) is 21.5 Å². The maximum Gasteiger partial charge on any atom is 0.175 e. The van der Waals surface area contributed by atoms with Crippen LogP contribution in [0.2, 0.25) is 0 Å². The normalized spacial score (nSPS) is 10.7. The van der Waals surface area contributed by atoms with Gasteiger partial charge in [-0.25, -0.2) is 0 Å². The van der Waals surface area contributed by atoms with Crippen molar-refractivity contribution in [3.05, 3.63) is 57.6 Å². The third-order valence-electron chi connectivity index (χ3n) is 3.03. The van der Waals surface area contributed by atoms with Gasteiger partial charge in [0.2, 0.25) is 0 Å². The van der Waals surface area contributed by atoms with Crippen LogP contribution in [0.5, 0.6) is 11.5 Å². The van der Waals surface area contributed by atoms with Gasteiger partial charge < -0.3 is 24.6 Å². The van der Waals surface area contributed by atoms with Crippen LogP contribution < -0.4 is 14.6 Å². The number of halogens is 1. The number of benzene rings is 2. The molecule has 0 bridgehead atoms. The summed E-state index contributed by atoms with van der Waals surface area (Å²) in [5.74, 6) is -0.254. The van der Waals surface area contributed by atoms with E-state index in [1.165, 1.54) is 25.5 Å². The summed E-state index contributed by atoms with van der Waals surface area (Å²) < 4.78 is 11.6. The Morgan fingerprint density at radius 3 is 2.61 bits per heavy atom. The zero-order valence-corrected chi connectivity index (χ0v) is 13.7. The Balaban J connectivity index is 2.18. The van der Waals surface area contributed by atoms with Crippen molar-refractivity contribution in [2.24, 2.45) is 5.16 Å². The Bertz CT molecular complexity index is 728. The van der Waals surface area contributed by atoms with Crippen molar-refractivity contribution in [3.8, 4) is 11.5 Å². The first-order valence-electron chi connectivity index (χ1n) is 6.53. The number of hydrogen-bond donors (Lipinski definition) is 1. The molecular weight excluding hydrogens is 366 g/mol. The highest BCUT2D eigenvalue weighted by Gasteiger charge is 2.11. The topological polar surface area (TPSA) is 91.2 Å². The molecule has 0 radical (unpaired) electrons. The van der Waals surface area contributed by atoms with E-state index in [9.17, 15) is 9.90 Å². The molecular formula is C16H13BrNO5-. The lowest BCUT2D eigenvalue weighted by molar-refractivity contribution is -0.255. The minimum atomic E-state index is -1.22. The number of carbonyl (C=O) groups excluding carboxylic acids is 1. The zero-order valence-electron chi connectivity index (χ0n) is 12.2. The number of carbonyl (C=O) groups is 1. The summed E-state index contributed by atoms with van der Waals surface area (Å²) in [6.07, 6.45) is 1.27. The summed E-state index contributed by atoms with van der Waals surface area (Å²) in [7, 11) is 1.50. The number of rotatable bonds is 6. The van der Waals surface area contributed by atoms with Crippen molar-refractivity contribution in [2.75, 3.05) is 7.11 Å². The number of nitrogens with zero attached hydrogens (tertiary/aromatic N) is 1. The van der Waals surface area contributed by atoms with Crippen LogP contribution in [-0.4, -0.2) is 24.5 Å². The number of carboxylic acids is 1. The molecule has 0 aliphatic carbocycles. The Kier molecular flexibility index (Phi) is 5.59.